The summed E-state index contributed by atoms with van der Waals surface area (Å²) in [6.45, 7) is 11.0. The van der Waals surface area contributed by atoms with Crippen molar-refractivity contribution in [3.8, 4) is 11.4 Å². The van der Waals surface area contributed by atoms with Gasteiger partial charge in [-0.1, -0.05) is 78.9 Å². The van der Waals surface area contributed by atoms with Gasteiger partial charge < -0.3 is 9.84 Å². The standard InChI is InChI=1S/C29H41N3O3/c1-6-8-9-10-11-12-17-35-27(33)16-14-22-18-23(29(3,4)5)28(34)26(20-22)32-30-24-15-13-21(7-2)19-25(24)31-32/h13,15,18-20,34H,6-12,14,16-17H2,1-5H3. The molecule has 0 aliphatic carbocycles. The molecular weight excluding hydrogens is 438 g/mol. The monoisotopic (exact) mass is 479 g/mol. The highest BCUT2D eigenvalue weighted by Crippen LogP contribution is 2.36. The minimum atomic E-state index is -0.283. The molecule has 0 amide bonds. The maximum Gasteiger partial charge on any atom is 0.306 e. The largest absolute Gasteiger partial charge is 0.505 e. The summed E-state index contributed by atoms with van der Waals surface area (Å²) < 4.78 is 5.45. The van der Waals surface area contributed by atoms with E-state index in [-0.39, 0.29) is 17.1 Å². The Morgan fingerprint density at radius 2 is 1.66 bits per heavy atom. The summed E-state index contributed by atoms with van der Waals surface area (Å²) in [6.07, 6.45) is 8.75. The summed E-state index contributed by atoms with van der Waals surface area (Å²) in [5.41, 5.74) is 4.78. The van der Waals surface area contributed by atoms with E-state index in [1.165, 1.54) is 36.0 Å². The van der Waals surface area contributed by atoms with Crippen molar-refractivity contribution < 1.29 is 14.6 Å². The molecule has 3 aromatic rings. The molecule has 6 nitrogen and oxygen atoms in total. The van der Waals surface area contributed by atoms with Crippen LogP contribution < -0.4 is 0 Å². The van der Waals surface area contributed by atoms with Crippen LogP contribution in [0.2, 0.25) is 0 Å². The minimum Gasteiger partial charge on any atom is -0.505 e. The van der Waals surface area contributed by atoms with Crippen molar-refractivity contribution in [1.29, 1.82) is 0 Å². The van der Waals surface area contributed by atoms with E-state index in [0.717, 1.165) is 41.4 Å². The van der Waals surface area contributed by atoms with Gasteiger partial charge in [0, 0.05) is 12.0 Å². The Kier molecular flexibility index (Phi) is 9.30. The molecule has 0 spiro atoms. The third kappa shape index (κ3) is 7.30. The van der Waals surface area contributed by atoms with Crippen LogP contribution in [0, 0.1) is 0 Å². The van der Waals surface area contributed by atoms with Crippen molar-refractivity contribution in [3.63, 3.8) is 0 Å². The summed E-state index contributed by atoms with van der Waals surface area (Å²) in [5, 5.41) is 20.4. The molecule has 0 saturated heterocycles. The lowest BCUT2D eigenvalue weighted by Gasteiger charge is -2.23. The van der Waals surface area contributed by atoms with Gasteiger partial charge in [-0.15, -0.1) is 15.0 Å². The second-order valence-electron chi connectivity index (χ2n) is 10.4. The lowest BCUT2D eigenvalue weighted by atomic mass is 9.84. The Balaban J connectivity index is 1.73. The average Bonchev–Trinajstić information content (AvgIpc) is 3.25. The Bertz CT molecular complexity index is 1130. The maximum absolute atomic E-state index is 12.3. The zero-order chi connectivity index (χ0) is 25.4. The first-order chi connectivity index (χ1) is 16.7. The van der Waals surface area contributed by atoms with Gasteiger partial charge in [0.1, 0.15) is 22.5 Å². The fourth-order valence-corrected chi connectivity index (χ4v) is 4.22. The maximum atomic E-state index is 12.3. The lowest BCUT2D eigenvalue weighted by Crippen LogP contribution is -2.14. The van der Waals surface area contributed by atoms with E-state index in [9.17, 15) is 9.90 Å². The van der Waals surface area contributed by atoms with Gasteiger partial charge in [0.2, 0.25) is 0 Å². The van der Waals surface area contributed by atoms with Crippen LogP contribution in [0.15, 0.2) is 30.3 Å². The number of carbonyl (C=O) groups is 1. The number of unbranched alkanes of at least 4 members (excludes halogenated alkanes) is 5. The Hall–Kier alpha value is -2.89. The lowest BCUT2D eigenvalue weighted by molar-refractivity contribution is -0.143. The average molecular weight is 480 g/mol. The number of aryl methyl sites for hydroxylation is 2. The molecule has 2 aromatic carbocycles. The molecule has 3 rings (SSSR count). The summed E-state index contributed by atoms with van der Waals surface area (Å²) >= 11 is 0. The topological polar surface area (TPSA) is 77.2 Å². The van der Waals surface area contributed by atoms with Crippen molar-refractivity contribution in [2.45, 2.75) is 97.8 Å². The highest BCUT2D eigenvalue weighted by molar-refractivity contribution is 5.75. The van der Waals surface area contributed by atoms with Gasteiger partial charge in [-0.25, -0.2) is 0 Å². The van der Waals surface area contributed by atoms with E-state index in [2.05, 4.69) is 50.9 Å². The van der Waals surface area contributed by atoms with Crippen molar-refractivity contribution in [1.82, 2.24) is 15.0 Å². The number of benzene rings is 2. The summed E-state index contributed by atoms with van der Waals surface area (Å²) in [6, 6.07) is 9.91. The van der Waals surface area contributed by atoms with Gasteiger partial charge in [-0.3, -0.25) is 4.79 Å². The number of phenolic OH excluding ortho intramolecular Hbond substituents is 1. The molecule has 0 fully saturated rings. The number of hydrogen-bond acceptors (Lipinski definition) is 5. The van der Waals surface area contributed by atoms with E-state index >= 15 is 0 Å². The number of esters is 1. The molecule has 0 radical (unpaired) electrons. The number of hydrogen-bond donors (Lipinski definition) is 1. The highest BCUT2D eigenvalue weighted by atomic mass is 16.5. The van der Waals surface area contributed by atoms with E-state index in [0.29, 0.717) is 25.1 Å². The Labute approximate surface area is 209 Å². The van der Waals surface area contributed by atoms with E-state index < -0.39 is 0 Å². The van der Waals surface area contributed by atoms with Gasteiger partial charge in [-0.05, 0) is 54.0 Å². The predicted octanol–water partition coefficient (Wildman–Crippen LogP) is 6.82. The van der Waals surface area contributed by atoms with Crippen LogP contribution in [0.4, 0.5) is 0 Å². The molecule has 6 heteroatoms. The fraction of sp³-hybridized carbons (Fsp3) is 0.552. The first-order valence-electron chi connectivity index (χ1n) is 13.1. The number of ether oxygens (including phenoxy) is 1. The Morgan fingerprint density at radius 1 is 0.943 bits per heavy atom. The van der Waals surface area contributed by atoms with Crippen LogP contribution in [0.1, 0.15) is 96.3 Å². The first kappa shape index (κ1) is 26.7. The van der Waals surface area contributed by atoms with Crippen molar-refractivity contribution >= 4 is 17.0 Å². The SMILES string of the molecule is CCCCCCCCOC(=O)CCc1cc(-n2nc3ccc(CC)cc3n2)c(O)c(C(C)(C)C)c1. The number of aromatic nitrogens is 3. The van der Waals surface area contributed by atoms with E-state index in [4.69, 9.17) is 4.74 Å². The molecule has 35 heavy (non-hydrogen) atoms. The molecule has 0 atom stereocenters. The third-order valence-corrected chi connectivity index (χ3v) is 6.40. The van der Waals surface area contributed by atoms with Crippen LogP contribution in [-0.2, 0) is 27.8 Å². The van der Waals surface area contributed by atoms with Crippen LogP contribution in [0.3, 0.4) is 0 Å². The molecule has 0 aliphatic rings. The molecule has 190 valence electrons. The summed E-state index contributed by atoms with van der Waals surface area (Å²) in [7, 11) is 0. The van der Waals surface area contributed by atoms with Crippen molar-refractivity contribution in [2.24, 2.45) is 0 Å². The molecule has 1 N–H and O–H groups in total. The number of carbonyl (C=O) groups excluding carboxylic acids is 1. The predicted molar refractivity (Wildman–Crippen MR) is 141 cm³/mol. The van der Waals surface area contributed by atoms with Crippen LogP contribution in [0.5, 0.6) is 5.75 Å². The molecule has 0 unspecified atom stereocenters. The Morgan fingerprint density at radius 3 is 2.37 bits per heavy atom. The molecule has 1 heterocycles. The number of phenols is 1. The molecule has 0 aliphatic heterocycles. The third-order valence-electron chi connectivity index (χ3n) is 6.40. The van der Waals surface area contributed by atoms with Gasteiger partial charge in [0.25, 0.3) is 0 Å². The van der Waals surface area contributed by atoms with E-state index in [1.807, 2.05) is 24.3 Å². The van der Waals surface area contributed by atoms with Crippen LogP contribution in [-0.4, -0.2) is 32.7 Å². The zero-order valence-corrected chi connectivity index (χ0v) is 22.1. The van der Waals surface area contributed by atoms with Gasteiger partial charge in [-0.2, -0.15) is 0 Å². The molecular formula is C29H41N3O3. The second kappa shape index (κ2) is 12.2. The van der Waals surface area contributed by atoms with Crippen LogP contribution >= 0.6 is 0 Å². The molecule has 0 bridgehead atoms. The normalized spacial score (nSPS) is 11.8. The second-order valence-corrected chi connectivity index (χ2v) is 10.4. The molecule has 1 aromatic heterocycles. The highest BCUT2D eigenvalue weighted by Gasteiger charge is 2.23. The van der Waals surface area contributed by atoms with Crippen molar-refractivity contribution in [2.75, 3.05) is 6.61 Å². The zero-order valence-electron chi connectivity index (χ0n) is 22.1. The summed E-state index contributed by atoms with van der Waals surface area (Å²) in [4.78, 5) is 13.8. The number of aromatic hydroxyl groups is 1. The van der Waals surface area contributed by atoms with Gasteiger partial charge in [0.05, 0.1) is 6.61 Å². The summed E-state index contributed by atoms with van der Waals surface area (Å²) in [5.74, 6) is -0.0107. The van der Waals surface area contributed by atoms with E-state index in [1.54, 1.807) is 0 Å². The van der Waals surface area contributed by atoms with Crippen LogP contribution in [0.25, 0.3) is 16.7 Å². The molecule has 0 saturated carbocycles. The smallest absolute Gasteiger partial charge is 0.306 e. The quantitative estimate of drug-likeness (QED) is 0.228. The van der Waals surface area contributed by atoms with Gasteiger partial charge >= 0.3 is 5.97 Å². The number of fused-ring (bicyclic) bond motifs is 1. The number of rotatable bonds is 12. The minimum absolute atomic E-state index is 0.169. The number of nitrogens with zero attached hydrogens (tertiary/aromatic N) is 3. The first-order valence-corrected chi connectivity index (χ1v) is 13.1. The van der Waals surface area contributed by atoms with Gasteiger partial charge in [0.15, 0.2) is 0 Å². The van der Waals surface area contributed by atoms with Crippen molar-refractivity contribution in [3.05, 3.63) is 47.0 Å². The fourth-order valence-electron chi connectivity index (χ4n) is 4.22.